The fraction of sp³-hybridized carbons (Fsp3) is 0.235. The smallest absolute Gasteiger partial charge is 0.344 e. The molecule has 0 spiro atoms. The molecular weight excluding hydrogens is 346 g/mol. The maximum Gasteiger partial charge on any atom is 0.344 e. The highest BCUT2D eigenvalue weighted by Gasteiger charge is 2.34. The van der Waals surface area contributed by atoms with Gasteiger partial charge in [0.05, 0.1) is 12.0 Å². The Balaban J connectivity index is 2.26. The molecule has 2 rings (SSSR count). The van der Waals surface area contributed by atoms with Gasteiger partial charge in [0.1, 0.15) is 0 Å². The van der Waals surface area contributed by atoms with Crippen LogP contribution in [0.3, 0.4) is 0 Å². The zero-order valence-electron chi connectivity index (χ0n) is 13.7. The Kier molecular flexibility index (Phi) is 5.87. The summed E-state index contributed by atoms with van der Waals surface area (Å²) in [5, 5.41) is 8.57. The second-order valence-electron chi connectivity index (χ2n) is 5.09. The Morgan fingerprint density at radius 1 is 1.40 bits per heavy atom. The van der Waals surface area contributed by atoms with Crippen LogP contribution >= 0.6 is 11.8 Å². The third-order valence-electron chi connectivity index (χ3n) is 3.32. The molecule has 1 saturated heterocycles. The number of aliphatic carboxylic acids is 1. The number of imide groups is 1. The van der Waals surface area contributed by atoms with Gasteiger partial charge in [-0.15, -0.1) is 6.58 Å². The predicted molar refractivity (Wildman–Crippen MR) is 93.6 cm³/mol. The highest BCUT2D eigenvalue weighted by atomic mass is 32.2. The summed E-state index contributed by atoms with van der Waals surface area (Å²) >= 11 is 0.850. The number of benzene rings is 1. The summed E-state index contributed by atoms with van der Waals surface area (Å²) in [6.45, 7) is 5.09. The Labute approximate surface area is 148 Å². The van der Waals surface area contributed by atoms with Crippen LogP contribution in [0.1, 0.15) is 12.5 Å². The average molecular weight is 363 g/mol. The van der Waals surface area contributed by atoms with Crippen LogP contribution in [0.15, 0.2) is 35.8 Å². The van der Waals surface area contributed by atoms with E-state index in [-0.39, 0.29) is 23.4 Å². The molecule has 0 bridgehead atoms. The molecule has 1 aromatic rings. The van der Waals surface area contributed by atoms with Gasteiger partial charge in [0.2, 0.25) is 0 Å². The molecule has 1 heterocycles. The Morgan fingerprint density at radius 2 is 2.12 bits per heavy atom. The van der Waals surface area contributed by atoms with Crippen LogP contribution in [0.4, 0.5) is 4.79 Å². The molecule has 25 heavy (non-hydrogen) atoms. The summed E-state index contributed by atoms with van der Waals surface area (Å²) in [6, 6.07) is 4.80. The fourth-order valence-corrected chi connectivity index (χ4v) is 2.90. The van der Waals surface area contributed by atoms with Crippen molar-refractivity contribution in [2.75, 3.05) is 13.7 Å². The van der Waals surface area contributed by atoms with Gasteiger partial charge in [-0.1, -0.05) is 12.1 Å². The molecule has 0 unspecified atom stereocenters. The Hall–Kier alpha value is -2.74. The number of carboxylic acid groups (broad SMARTS) is 1. The minimum atomic E-state index is -1.10. The van der Waals surface area contributed by atoms with E-state index < -0.39 is 12.1 Å². The van der Waals surface area contributed by atoms with Crippen LogP contribution < -0.4 is 9.47 Å². The third kappa shape index (κ3) is 4.21. The molecule has 0 aromatic heterocycles. The normalized spacial score (nSPS) is 16.9. The van der Waals surface area contributed by atoms with Crippen molar-refractivity contribution in [3.05, 3.63) is 41.3 Å². The van der Waals surface area contributed by atoms with Gasteiger partial charge >= 0.3 is 5.97 Å². The van der Waals surface area contributed by atoms with Gasteiger partial charge in [-0.3, -0.25) is 14.5 Å². The van der Waals surface area contributed by atoms with E-state index in [4.69, 9.17) is 14.6 Å². The number of hydrogen-bond acceptors (Lipinski definition) is 6. The fourth-order valence-electron chi connectivity index (χ4n) is 2.05. The molecule has 0 saturated carbocycles. The molecule has 1 N–H and O–H groups in total. The molecule has 132 valence electrons. The van der Waals surface area contributed by atoms with Crippen LogP contribution in [0.2, 0.25) is 0 Å². The molecule has 1 atom stereocenters. The van der Waals surface area contributed by atoms with Crippen molar-refractivity contribution in [3.8, 4) is 11.5 Å². The van der Waals surface area contributed by atoms with E-state index in [1.807, 2.05) is 0 Å². The van der Waals surface area contributed by atoms with E-state index in [1.165, 1.54) is 20.1 Å². The minimum Gasteiger partial charge on any atom is -0.493 e. The lowest BCUT2D eigenvalue weighted by Crippen LogP contribution is -2.27. The molecule has 1 aliphatic heterocycles. The van der Waals surface area contributed by atoms with Gasteiger partial charge in [0.15, 0.2) is 17.6 Å². The lowest BCUT2D eigenvalue weighted by Gasteiger charge is -2.14. The summed E-state index contributed by atoms with van der Waals surface area (Å²) in [5.74, 6) is -0.878. The predicted octanol–water partition coefficient (Wildman–Crippen LogP) is 2.77. The number of carbonyl (C=O) groups is 3. The van der Waals surface area contributed by atoms with Crippen molar-refractivity contribution in [1.29, 1.82) is 0 Å². The topological polar surface area (TPSA) is 93.1 Å². The molecular formula is C17H17NO6S. The van der Waals surface area contributed by atoms with Crippen molar-refractivity contribution in [2.24, 2.45) is 0 Å². The van der Waals surface area contributed by atoms with E-state index >= 15 is 0 Å². The first-order valence-corrected chi connectivity index (χ1v) is 8.12. The summed E-state index contributed by atoms with van der Waals surface area (Å²) in [4.78, 5) is 36.3. The molecule has 1 aromatic carbocycles. The van der Waals surface area contributed by atoms with Crippen LogP contribution in [0, 0.1) is 0 Å². The first-order chi connectivity index (χ1) is 11.9. The molecule has 7 nitrogen and oxygen atoms in total. The number of thioether (sulfide) groups is 1. The van der Waals surface area contributed by atoms with Gasteiger partial charge in [-0.2, -0.15) is 0 Å². The molecule has 1 fully saturated rings. The van der Waals surface area contributed by atoms with Gasteiger partial charge < -0.3 is 14.6 Å². The Bertz CT molecular complexity index is 758. The Morgan fingerprint density at radius 3 is 2.72 bits per heavy atom. The highest BCUT2D eigenvalue weighted by Crippen LogP contribution is 2.34. The summed E-state index contributed by atoms with van der Waals surface area (Å²) in [5.41, 5.74) is 0.622. The average Bonchev–Trinajstić information content (AvgIpc) is 2.83. The number of nitrogens with zero attached hydrogens (tertiary/aromatic N) is 1. The number of ether oxygens (including phenoxy) is 2. The summed E-state index contributed by atoms with van der Waals surface area (Å²) in [6.07, 6.45) is 2.02. The maximum atomic E-state index is 12.2. The van der Waals surface area contributed by atoms with Crippen molar-refractivity contribution in [1.82, 2.24) is 4.90 Å². The minimum absolute atomic E-state index is 0.158. The van der Waals surface area contributed by atoms with E-state index in [1.54, 1.807) is 24.3 Å². The lowest BCUT2D eigenvalue weighted by molar-refractivity contribution is -0.144. The number of carboxylic acids is 1. The van der Waals surface area contributed by atoms with Gasteiger partial charge in [0.25, 0.3) is 11.1 Å². The van der Waals surface area contributed by atoms with Crippen molar-refractivity contribution < 1.29 is 29.0 Å². The first kappa shape index (κ1) is 18.6. The van der Waals surface area contributed by atoms with E-state index in [0.29, 0.717) is 16.2 Å². The number of rotatable bonds is 7. The standard InChI is InChI=1S/C17H17NO6S/c1-4-7-18-15(19)14(25-17(18)22)9-11-5-6-12(13(8-11)23-3)24-10(2)16(20)21/h4-6,8-10H,1,7H2,2-3H3,(H,20,21)/b14-9+/t10-/m0/s1. The molecule has 8 heteroatoms. The monoisotopic (exact) mass is 363 g/mol. The van der Waals surface area contributed by atoms with Crippen molar-refractivity contribution >= 4 is 35.0 Å². The molecule has 1 aliphatic rings. The molecule has 0 aliphatic carbocycles. The quantitative estimate of drug-likeness (QED) is 0.588. The van der Waals surface area contributed by atoms with Crippen LogP contribution in [0.5, 0.6) is 11.5 Å². The van der Waals surface area contributed by atoms with Gasteiger partial charge in [0, 0.05) is 6.54 Å². The summed E-state index contributed by atoms with van der Waals surface area (Å²) < 4.78 is 10.5. The largest absolute Gasteiger partial charge is 0.493 e. The first-order valence-electron chi connectivity index (χ1n) is 7.31. The maximum absolute atomic E-state index is 12.2. The van der Waals surface area contributed by atoms with Gasteiger partial charge in [-0.05, 0) is 42.5 Å². The van der Waals surface area contributed by atoms with Crippen molar-refractivity contribution in [2.45, 2.75) is 13.0 Å². The zero-order chi connectivity index (χ0) is 18.6. The highest BCUT2D eigenvalue weighted by molar-refractivity contribution is 8.18. The van der Waals surface area contributed by atoms with Crippen LogP contribution in [-0.4, -0.2) is 46.9 Å². The zero-order valence-corrected chi connectivity index (χ0v) is 14.5. The van der Waals surface area contributed by atoms with E-state index in [2.05, 4.69) is 6.58 Å². The number of methoxy groups -OCH3 is 1. The second kappa shape index (κ2) is 7.89. The van der Waals surface area contributed by atoms with Crippen LogP contribution in [-0.2, 0) is 9.59 Å². The molecule has 2 amide bonds. The van der Waals surface area contributed by atoms with Gasteiger partial charge in [-0.25, -0.2) is 4.79 Å². The molecule has 0 radical (unpaired) electrons. The van der Waals surface area contributed by atoms with E-state index in [9.17, 15) is 14.4 Å². The second-order valence-corrected chi connectivity index (χ2v) is 6.08. The van der Waals surface area contributed by atoms with E-state index in [0.717, 1.165) is 16.7 Å². The van der Waals surface area contributed by atoms with Crippen LogP contribution in [0.25, 0.3) is 6.08 Å². The lowest BCUT2D eigenvalue weighted by atomic mass is 10.2. The SMILES string of the molecule is C=CCN1C(=O)S/C(=C/c2ccc(O[C@@H](C)C(=O)O)c(OC)c2)C1=O. The number of carbonyl (C=O) groups excluding carboxylic acids is 2. The number of hydrogen-bond donors (Lipinski definition) is 1. The number of amides is 2. The third-order valence-corrected chi connectivity index (χ3v) is 4.23. The van der Waals surface area contributed by atoms with Crippen molar-refractivity contribution in [3.63, 3.8) is 0 Å². The summed E-state index contributed by atoms with van der Waals surface area (Å²) in [7, 11) is 1.43.